The molecule has 0 radical (unpaired) electrons. The van der Waals surface area contributed by atoms with Gasteiger partial charge in [0.2, 0.25) is 0 Å². The molecule has 0 unspecified atom stereocenters. The molecule has 0 N–H and O–H groups in total. The summed E-state index contributed by atoms with van der Waals surface area (Å²) in [6.45, 7) is 20.1. The molecule has 0 amide bonds. The van der Waals surface area contributed by atoms with Crippen LogP contribution in [-0.2, 0) is 0 Å². The van der Waals surface area contributed by atoms with E-state index in [9.17, 15) is 0 Å². The second kappa shape index (κ2) is 20.1. The molecule has 0 atom stereocenters. The summed E-state index contributed by atoms with van der Waals surface area (Å²) in [7, 11) is 0. The molecule has 0 heteroatoms. The first-order chi connectivity index (χ1) is 19.9. The van der Waals surface area contributed by atoms with Crippen LogP contribution in [0.2, 0.25) is 0 Å². The van der Waals surface area contributed by atoms with Crippen molar-refractivity contribution in [1.29, 1.82) is 0 Å². The van der Waals surface area contributed by atoms with Gasteiger partial charge in [0.1, 0.15) is 0 Å². The van der Waals surface area contributed by atoms with Gasteiger partial charge in [0.05, 0.1) is 0 Å². The topological polar surface area (TPSA) is 0 Å². The van der Waals surface area contributed by atoms with Crippen molar-refractivity contribution < 1.29 is 0 Å². The Labute approximate surface area is 252 Å². The summed E-state index contributed by atoms with van der Waals surface area (Å²) in [4.78, 5) is 0. The van der Waals surface area contributed by atoms with Crippen molar-refractivity contribution in [2.75, 3.05) is 0 Å². The van der Waals surface area contributed by atoms with Crippen LogP contribution in [0.3, 0.4) is 0 Å². The van der Waals surface area contributed by atoms with Crippen LogP contribution in [-0.4, -0.2) is 0 Å². The number of rotatable bonds is 3. The molecule has 3 aliphatic rings. The molecule has 0 saturated heterocycles. The summed E-state index contributed by atoms with van der Waals surface area (Å²) in [5.74, 6) is 0.960. The highest BCUT2D eigenvalue weighted by Crippen LogP contribution is 2.38. The minimum absolute atomic E-state index is 0.960. The smallest absolute Gasteiger partial charge is 0.0106 e. The average Bonchev–Trinajstić information content (AvgIpc) is 3.96. The predicted molar refractivity (Wildman–Crippen MR) is 186 cm³/mol. The molecule has 2 saturated carbocycles. The molecule has 6 rings (SSSR count). The lowest BCUT2D eigenvalue weighted by molar-refractivity contribution is 0.950. The number of allylic oxidation sites excluding steroid dienone is 5. The number of aryl methyl sites for hydroxylation is 4. The molecular formula is C41H52. The van der Waals surface area contributed by atoms with Crippen LogP contribution in [0.15, 0.2) is 109 Å². The summed E-state index contributed by atoms with van der Waals surface area (Å²) in [5, 5.41) is 0. The van der Waals surface area contributed by atoms with Crippen molar-refractivity contribution in [2.24, 2.45) is 5.92 Å². The molecular weight excluding hydrogens is 492 g/mol. The third kappa shape index (κ3) is 14.4. The van der Waals surface area contributed by atoms with E-state index in [1.54, 1.807) is 5.57 Å². The summed E-state index contributed by atoms with van der Waals surface area (Å²) in [5.41, 5.74) is 12.0. The monoisotopic (exact) mass is 544 g/mol. The first-order valence-corrected chi connectivity index (χ1v) is 15.1. The zero-order valence-electron chi connectivity index (χ0n) is 26.5. The fourth-order valence-electron chi connectivity index (χ4n) is 4.08. The summed E-state index contributed by atoms with van der Waals surface area (Å²) in [6, 6.07) is 23.3. The fourth-order valence-corrected chi connectivity index (χ4v) is 4.08. The van der Waals surface area contributed by atoms with Gasteiger partial charge < -0.3 is 0 Å². The normalized spacial score (nSPS) is 13.8. The van der Waals surface area contributed by atoms with E-state index in [4.69, 9.17) is 0 Å². The standard InChI is InChI=1S/C17H18.C9H12.C7H8.C4H6.C2H6.C2H2/c1-5-15-9-7-13(3)11-17(15)16-10-12(2)6-8-14(16)4;1-2-4-8(5-3-1)9-6-7-9;1-7-5-3-2-4-6-7;1-4-2-3-4;2*1-2/h5-11H,1H2,2-4H3;2,4-5,9H,1,3,6-7H2;2-6H,1H3;1-3H2;1-2H3;1-2H. The number of hydrogen-bond donors (Lipinski definition) is 0. The summed E-state index contributed by atoms with van der Waals surface area (Å²) in [6.07, 6.45) is 24.9. The van der Waals surface area contributed by atoms with Crippen LogP contribution >= 0.6 is 0 Å². The largest absolute Gasteiger partial charge is 0.124 e. The maximum atomic E-state index is 4.00. The summed E-state index contributed by atoms with van der Waals surface area (Å²) < 4.78 is 0. The van der Waals surface area contributed by atoms with Crippen LogP contribution in [0.4, 0.5) is 0 Å². The molecule has 2 fully saturated rings. The average molecular weight is 545 g/mol. The highest BCUT2D eigenvalue weighted by molar-refractivity contribution is 5.77. The van der Waals surface area contributed by atoms with E-state index in [-0.39, 0.29) is 0 Å². The lowest BCUT2D eigenvalue weighted by atomic mass is 9.93. The molecule has 0 aromatic heterocycles. The zero-order chi connectivity index (χ0) is 30.6. The Hall–Kier alpha value is -3.82. The highest BCUT2D eigenvalue weighted by atomic mass is 14.3. The fraction of sp³-hybridized carbons (Fsp3) is 0.317. The molecule has 0 bridgehead atoms. The minimum atomic E-state index is 0.960. The van der Waals surface area contributed by atoms with Crippen molar-refractivity contribution in [1.82, 2.24) is 0 Å². The van der Waals surface area contributed by atoms with Crippen LogP contribution in [0, 0.1) is 46.5 Å². The van der Waals surface area contributed by atoms with Gasteiger partial charge in [-0.25, -0.2) is 0 Å². The maximum Gasteiger partial charge on any atom is -0.0106 e. The van der Waals surface area contributed by atoms with Crippen molar-refractivity contribution in [3.63, 3.8) is 0 Å². The predicted octanol–water partition coefficient (Wildman–Crippen LogP) is 12.2. The third-order valence-electron chi connectivity index (χ3n) is 6.73. The Morgan fingerprint density at radius 2 is 1.29 bits per heavy atom. The third-order valence-corrected chi connectivity index (χ3v) is 6.73. The van der Waals surface area contributed by atoms with E-state index in [1.807, 2.05) is 38.1 Å². The van der Waals surface area contributed by atoms with Gasteiger partial charge in [0.15, 0.2) is 0 Å². The summed E-state index contributed by atoms with van der Waals surface area (Å²) >= 11 is 0. The minimum Gasteiger partial charge on any atom is -0.124 e. The Kier molecular flexibility index (Phi) is 17.3. The zero-order valence-corrected chi connectivity index (χ0v) is 26.5. The lowest BCUT2D eigenvalue weighted by Gasteiger charge is -2.11. The Bertz CT molecular complexity index is 1270. The van der Waals surface area contributed by atoms with Crippen LogP contribution < -0.4 is 0 Å². The molecule has 41 heavy (non-hydrogen) atoms. The Balaban J connectivity index is 0.000000293. The Morgan fingerprint density at radius 3 is 1.73 bits per heavy atom. The van der Waals surface area contributed by atoms with E-state index in [0.717, 1.165) is 5.92 Å². The molecule has 0 heterocycles. The van der Waals surface area contributed by atoms with Gasteiger partial charge >= 0.3 is 0 Å². The Morgan fingerprint density at radius 1 is 0.732 bits per heavy atom. The van der Waals surface area contributed by atoms with E-state index in [2.05, 4.69) is 120 Å². The van der Waals surface area contributed by atoms with Gasteiger partial charge in [0, 0.05) is 0 Å². The van der Waals surface area contributed by atoms with Crippen LogP contribution in [0.1, 0.15) is 80.2 Å². The number of terminal acetylenes is 1. The molecule has 0 spiro atoms. The van der Waals surface area contributed by atoms with Gasteiger partial charge in [0.25, 0.3) is 0 Å². The van der Waals surface area contributed by atoms with Gasteiger partial charge in [-0.1, -0.05) is 140 Å². The second-order valence-electron chi connectivity index (χ2n) is 10.5. The van der Waals surface area contributed by atoms with E-state index >= 15 is 0 Å². The first kappa shape index (κ1) is 35.2. The van der Waals surface area contributed by atoms with Crippen LogP contribution in [0.5, 0.6) is 0 Å². The molecule has 0 nitrogen and oxygen atoms in total. The molecule has 0 aliphatic heterocycles. The van der Waals surface area contributed by atoms with Gasteiger partial charge in [-0.2, -0.15) is 0 Å². The lowest BCUT2D eigenvalue weighted by Crippen LogP contribution is -1.89. The van der Waals surface area contributed by atoms with Gasteiger partial charge in [-0.15, -0.1) is 12.8 Å². The molecule has 3 aromatic rings. The maximum absolute atomic E-state index is 4.00. The SMILES string of the molecule is C#C.C1=CC(C2CC2)=CCC1.C=C1CC1.C=Cc1ccc(C)cc1-c1cc(C)ccc1C.CC.Cc1ccccc1. The molecule has 3 aliphatic carbocycles. The van der Waals surface area contributed by atoms with Crippen molar-refractivity contribution in [3.05, 3.63) is 137 Å². The molecule has 3 aromatic carbocycles. The van der Waals surface area contributed by atoms with E-state index < -0.39 is 0 Å². The molecule has 216 valence electrons. The van der Waals surface area contributed by atoms with Gasteiger partial charge in [-0.05, 0) is 100.0 Å². The van der Waals surface area contributed by atoms with E-state index in [0.29, 0.717) is 0 Å². The van der Waals surface area contributed by atoms with Crippen LogP contribution in [0.25, 0.3) is 17.2 Å². The van der Waals surface area contributed by atoms with Crippen molar-refractivity contribution in [3.8, 4) is 24.0 Å². The first-order valence-electron chi connectivity index (χ1n) is 15.1. The number of benzene rings is 3. The second-order valence-corrected chi connectivity index (χ2v) is 10.5. The van der Waals surface area contributed by atoms with Crippen molar-refractivity contribution >= 4 is 6.08 Å². The van der Waals surface area contributed by atoms with E-state index in [1.165, 1.54) is 83.0 Å². The number of hydrogen-bond acceptors (Lipinski definition) is 0. The highest BCUT2D eigenvalue weighted by Gasteiger charge is 2.24. The van der Waals surface area contributed by atoms with Crippen molar-refractivity contribution in [2.45, 2.75) is 80.1 Å². The van der Waals surface area contributed by atoms with Gasteiger partial charge in [-0.3, -0.25) is 0 Å². The quantitative estimate of drug-likeness (QED) is 0.227.